The Balaban J connectivity index is 0.00000324. The van der Waals surface area contributed by atoms with Crippen LogP contribution in [0.2, 0.25) is 0 Å². The van der Waals surface area contributed by atoms with Crippen molar-refractivity contribution < 1.29 is 13.2 Å². The number of hydrogen-bond acceptors (Lipinski definition) is 5. The SMILES string of the molecule is COCCNCCNS(=O)(=O)c1cc(C)sc1C.Cl. The number of thiophene rings is 1. The molecule has 0 unspecified atom stereocenters. The Morgan fingerprint density at radius 1 is 1.26 bits per heavy atom. The minimum absolute atomic E-state index is 0. The molecule has 0 fully saturated rings. The molecule has 0 spiro atoms. The summed E-state index contributed by atoms with van der Waals surface area (Å²) in [5.74, 6) is 0. The fraction of sp³-hybridized carbons (Fsp3) is 0.636. The average molecular weight is 329 g/mol. The van der Waals surface area contributed by atoms with Crippen LogP contribution < -0.4 is 10.0 Å². The molecule has 0 aliphatic rings. The van der Waals surface area contributed by atoms with Crippen LogP contribution in [-0.4, -0.2) is 41.8 Å². The van der Waals surface area contributed by atoms with Crippen LogP contribution >= 0.6 is 23.7 Å². The van der Waals surface area contributed by atoms with Gasteiger partial charge >= 0.3 is 0 Å². The molecule has 112 valence electrons. The molecule has 1 aromatic heterocycles. The van der Waals surface area contributed by atoms with Crippen LogP contribution in [0.1, 0.15) is 9.75 Å². The predicted molar refractivity (Wildman–Crippen MR) is 81.0 cm³/mol. The summed E-state index contributed by atoms with van der Waals surface area (Å²) in [6.07, 6.45) is 0. The molecule has 5 nitrogen and oxygen atoms in total. The summed E-state index contributed by atoms with van der Waals surface area (Å²) in [5, 5.41) is 3.08. The fourth-order valence-corrected chi connectivity index (χ4v) is 4.11. The van der Waals surface area contributed by atoms with E-state index in [-0.39, 0.29) is 12.4 Å². The predicted octanol–water partition coefficient (Wildman–Crippen LogP) is 1.30. The number of halogens is 1. The van der Waals surface area contributed by atoms with E-state index in [1.807, 2.05) is 13.8 Å². The van der Waals surface area contributed by atoms with Crippen LogP contribution in [0.5, 0.6) is 0 Å². The molecular formula is C11H21ClN2O3S2. The number of rotatable bonds is 8. The van der Waals surface area contributed by atoms with E-state index in [9.17, 15) is 8.42 Å². The first-order valence-electron chi connectivity index (χ1n) is 5.73. The van der Waals surface area contributed by atoms with E-state index >= 15 is 0 Å². The summed E-state index contributed by atoms with van der Waals surface area (Å²) in [4.78, 5) is 2.22. The number of nitrogens with one attached hydrogen (secondary N) is 2. The molecule has 0 radical (unpaired) electrons. The summed E-state index contributed by atoms with van der Waals surface area (Å²) in [6.45, 7) is 6.03. The molecule has 8 heteroatoms. The number of ether oxygens (including phenoxy) is 1. The van der Waals surface area contributed by atoms with Gasteiger partial charge in [-0.05, 0) is 19.9 Å². The monoisotopic (exact) mass is 328 g/mol. The number of aryl methyl sites for hydroxylation is 2. The summed E-state index contributed by atoms with van der Waals surface area (Å²) in [5.41, 5.74) is 0. The van der Waals surface area contributed by atoms with Gasteiger partial charge in [0, 0.05) is 36.5 Å². The molecule has 1 rings (SSSR count). The summed E-state index contributed by atoms with van der Waals surface area (Å²) in [6, 6.07) is 1.71. The van der Waals surface area contributed by atoms with Crippen molar-refractivity contribution in [2.75, 3.05) is 33.4 Å². The van der Waals surface area contributed by atoms with E-state index in [1.54, 1.807) is 13.2 Å². The van der Waals surface area contributed by atoms with E-state index in [0.29, 0.717) is 24.6 Å². The van der Waals surface area contributed by atoms with Crippen molar-refractivity contribution in [1.82, 2.24) is 10.0 Å². The van der Waals surface area contributed by atoms with Crippen molar-refractivity contribution in [1.29, 1.82) is 0 Å². The summed E-state index contributed by atoms with van der Waals surface area (Å²) in [7, 11) is -1.74. The second-order valence-electron chi connectivity index (χ2n) is 3.92. The molecular weight excluding hydrogens is 308 g/mol. The molecule has 19 heavy (non-hydrogen) atoms. The standard InChI is InChI=1S/C11H20N2O3S2.ClH/c1-9-8-11(10(2)17-9)18(14,15)13-5-4-12-6-7-16-3;/h8,12-13H,4-7H2,1-3H3;1H. The zero-order valence-corrected chi connectivity index (χ0v) is 13.8. The topological polar surface area (TPSA) is 67.4 Å². The van der Waals surface area contributed by atoms with Crippen LogP contribution in [0.25, 0.3) is 0 Å². The van der Waals surface area contributed by atoms with Gasteiger partial charge in [0.25, 0.3) is 0 Å². The Morgan fingerprint density at radius 2 is 1.95 bits per heavy atom. The largest absolute Gasteiger partial charge is 0.383 e. The molecule has 1 aromatic rings. The highest BCUT2D eigenvalue weighted by atomic mass is 35.5. The zero-order valence-electron chi connectivity index (χ0n) is 11.4. The van der Waals surface area contributed by atoms with Gasteiger partial charge in [0.1, 0.15) is 0 Å². The van der Waals surface area contributed by atoms with Gasteiger partial charge in [0.2, 0.25) is 10.0 Å². The van der Waals surface area contributed by atoms with Gasteiger partial charge in [-0.3, -0.25) is 0 Å². The maximum atomic E-state index is 12.0. The van der Waals surface area contributed by atoms with Crippen LogP contribution in [0.3, 0.4) is 0 Å². The van der Waals surface area contributed by atoms with Gasteiger partial charge in [0.15, 0.2) is 0 Å². The zero-order chi connectivity index (χ0) is 13.6. The maximum absolute atomic E-state index is 12.0. The highest BCUT2D eigenvalue weighted by molar-refractivity contribution is 7.89. The van der Waals surface area contributed by atoms with E-state index in [1.165, 1.54) is 11.3 Å². The second-order valence-corrected chi connectivity index (χ2v) is 7.11. The molecule has 2 N–H and O–H groups in total. The number of sulfonamides is 1. The lowest BCUT2D eigenvalue weighted by Gasteiger charge is -2.07. The van der Waals surface area contributed by atoms with Crippen LogP contribution in [0.4, 0.5) is 0 Å². The quantitative estimate of drug-likeness (QED) is 0.706. The lowest BCUT2D eigenvalue weighted by molar-refractivity contribution is 0.199. The van der Waals surface area contributed by atoms with Crippen molar-refractivity contribution in [3.8, 4) is 0 Å². The minimum Gasteiger partial charge on any atom is -0.383 e. The van der Waals surface area contributed by atoms with Crippen LogP contribution in [0.15, 0.2) is 11.0 Å². The maximum Gasteiger partial charge on any atom is 0.241 e. The molecule has 0 aliphatic heterocycles. The minimum atomic E-state index is -3.37. The van der Waals surface area contributed by atoms with Crippen LogP contribution in [-0.2, 0) is 14.8 Å². The Morgan fingerprint density at radius 3 is 2.47 bits per heavy atom. The normalized spacial score (nSPS) is 11.3. The second kappa shape index (κ2) is 8.89. The molecule has 0 atom stereocenters. The molecule has 0 aliphatic carbocycles. The average Bonchev–Trinajstić information content (AvgIpc) is 2.63. The van der Waals surface area contributed by atoms with Gasteiger partial charge in [-0.1, -0.05) is 0 Å². The number of hydrogen-bond donors (Lipinski definition) is 2. The number of methoxy groups -OCH3 is 1. The highest BCUT2D eigenvalue weighted by Gasteiger charge is 2.18. The first-order chi connectivity index (χ1) is 8.47. The summed E-state index contributed by atoms with van der Waals surface area (Å²) < 4.78 is 31.5. The lowest BCUT2D eigenvalue weighted by Crippen LogP contribution is -2.33. The Kier molecular flexibility index (Phi) is 8.80. The highest BCUT2D eigenvalue weighted by Crippen LogP contribution is 2.24. The first kappa shape index (κ1) is 18.8. The third-order valence-corrected chi connectivity index (χ3v) is 5.04. The van der Waals surface area contributed by atoms with Gasteiger partial charge in [-0.2, -0.15) is 0 Å². The fourth-order valence-electron chi connectivity index (χ4n) is 1.53. The summed E-state index contributed by atoms with van der Waals surface area (Å²) >= 11 is 1.50. The molecule has 0 saturated heterocycles. The van der Waals surface area contributed by atoms with Gasteiger partial charge in [-0.25, -0.2) is 13.1 Å². The molecule has 0 amide bonds. The van der Waals surface area contributed by atoms with Gasteiger partial charge in [0.05, 0.1) is 11.5 Å². The van der Waals surface area contributed by atoms with Crippen molar-refractivity contribution in [2.24, 2.45) is 0 Å². The molecule has 1 heterocycles. The third kappa shape index (κ3) is 6.20. The smallest absolute Gasteiger partial charge is 0.241 e. The third-order valence-electron chi connectivity index (χ3n) is 2.36. The molecule has 0 aromatic carbocycles. The van der Waals surface area contributed by atoms with E-state index < -0.39 is 10.0 Å². The first-order valence-corrected chi connectivity index (χ1v) is 8.03. The van der Waals surface area contributed by atoms with Crippen molar-refractivity contribution in [3.05, 3.63) is 15.8 Å². The van der Waals surface area contributed by atoms with Crippen molar-refractivity contribution >= 4 is 33.8 Å². The van der Waals surface area contributed by atoms with E-state index in [2.05, 4.69) is 10.0 Å². The van der Waals surface area contributed by atoms with Gasteiger partial charge < -0.3 is 10.1 Å². The van der Waals surface area contributed by atoms with Crippen molar-refractivity contribution in [2.45, 2.75) is 18.7 Å². The Labute approximate surface area is 125 Å². The lowest BCUT2D eigenvalue weighted by atomic mass is 10.4. The molecule has 0 bridgehead atoms. The molecule has 0 saturated carbocycles. The Hall–Kier alpha value is -0.180. The van der Waals surface area contributed by atoms with Crippen LogP contribution in [0, 0.1) is 13.8 Å². The van der Waals surface area contributed by atoms with Gasteiger partial charge in [-0.15, -0.1) is 23.7 Å². The van der Waals surface area contributed by atoms with Crippen molar-refractivity contribution in [3.63, 3.8) is 0 Å². The Bertz CT molecular complexity index is 474. The van der Waals surface area contributed by atoms with E-state index in [0.717, 1.165) is 16.3 Å². The van der Waals surface area contributed by atoms with E-state index in [4.69, 9.17) is 4.74 Å².